The molecule has 0 amide bonds. The summed E-state index contributed by atoms with van der Waals surface area (Å²) in [5, 5.41) is 6.08. The van der Waals surface area contributed by atoms with Crippen molar-refractivity contribution in [1.82, 2.24) is 0 Å². The van der Waals surface area contributed by atoms with Gasteiger partial charge in [0.05, 0.1) is 0 Å². The number of hydrogen-bond donors (Lipinski definition) is 0. The summed E-state index contributed by atoms with van der Waals surface area (Å²) < 4.78 is 0. The van der Waals surface area contributed by atoms with Crippen LogP contribution in [-0.2, 0) is 0 Å². The molecular formula is C31H28P2. The Kier molecular flexibility index (Phi) is 5.98. The smallest absolute Gasteiger partial charge is 0.00137 e. The van der Waals surface area contributed by atoms with Gasteiger partial charge in [0, 0.05) is 11.3 Å². The molecule has 3 unspecified atom stereocenters. The lowest BCUT2D eigenvalue weighted by atomic mass is 10.1. The Morgan fingerprint density at radius 1 is 0.394 bits per heavy atom. The van der Waals surface area contributed by atoms with E-state index in [1.54, 1.807) is 0 Å². The molecule has 4 aromatic carbocycles. The van der Waals surface area contributed by atoms with Crippen molar-refractivity contribution in [2.45, 2.75) is 17.7 Å². The molecule has 2 bridgehead atoms. The molecule has 0 saturated heterocycles. The molecule has 0 spiro atoms. The fourth-order valence-corrected chi connectivity index (χ4v) is 12.8. The topological polar surface area (TPSA) is 0 Å². The van der Waals surface area contributed by atoms with Crippen molar-refractivity contribution in [2.75, 3.05) is 0 Å². The molecule has 33 heavy (non-hydrogen) atoms. The van der Waals surface area contributed by atoms with Crippen LogP contribution in [0, 0.1) is 11.8 Å². The van der Waals surface area contributed by atoms with Crippen LogP contribution in [0.25, 0.3) is 0 Å². The van der Waals surface area contributed by atoms with Gasteiger partial charge in [-0.1, -0.05) is 133 Å². The Morgan fingerprint density at radius 2 is 0.667 bits per heavy atom. The van der Waals surface area contributed by atoms with E-state index in [1.165, 1.54) is 27.6 Å². The van der Waals surface area contributed by atoms with Gasteiger partial charge in [0.2, 0.25) is 0 Å². The molecular weight excluding hydrogens is 434 g/mol. The fraction of sp³-hybridized carbons (Fsp3) is 0.161. The molecule has 2 aliphatic carbocycles. The first-order valence-corrected chi connectivity index (χ1v) is 14.7. The number of allylic oxidation sites excluding steroid dienone is 2. The molecule has 0 radical (unpaired) electrons. The van der Waals surface area contributed by atoms with E-state index in [1.807, 2.05) is 0 Å². The number of hydrogen-bond acceptors (Lipinski definition) is 0. The lowest BCUT2D eigenvalue weighted by molar-refractivity contribution is 0.695. The molecule has 2 aliphatic rings. The van der Waals surface area contributed by atoms with Crippen molar-refractivity contribution >= 4 is 37.1 Å². The SMILES string of the molecule is C1=C[C@@H]2CC1C(P(c1ccccc1)c1ccccc1)C2P(c1ccccc1)c1ccccc1. The number of benzene rings is 4. The molecule has 162 valence electrons. The molecule has 0 aromatic heterocycles. The van der Waals surface area contributed by atoms with E-state index in [0.29, 0.717) is 23.2 Å². The third-order valence-electron chi connectivity index (χ3n) is 7.11. The zero-order valence-electron chi connectivity index (χ0n) is 18.6. The summed E-state index contributed by atoms with van der Waals surface area (Å²) in [5.41, 5.74) is 1.32. The van der Waals surface area contributed by atoms with Gasteiger partial charge in [-0.3, -0.25) is 0 Å². The molecule has 4 atom stereocenters. The second kappa shape index (κ2) is 9.38. The Morgan fingerprint density at radius 3 is 0.939 bits per heavy atom. The second-order valence-electron chi connectivity index (χ2n) is 9.01. The first-order chi connectivity index (χ1) is 16.4. The lowest BCUT2D eigenvalue weighted by Crippen LogP contribution is -2.37. The van der Waals surface area contributed by atoms with Crippen LogP contribution in [0.15, 0.2) is 133 Å². The Labute approximate surface area is 199 Å². The van der Waals surface area contributed by atoms with Crippen LogP contribution in [-0.4, -0.2) is 11.3 Å². The van der Waals surface area contributed by atoms with E-state index in [-0.39, 0.29) is 0 Å². The van der Waals surface area contributed by atoms with E-state index < -0.39 is 15.8 Å². The first kappa shape index (κ1) is 21.0. The largest absolute Gasteiger partial charge is 0.0844 e. The maximum absolute atomic E-state index is 2.55. The van der Waals surface area contributed by atoms with Gasteiger partial charge in [0.15, 0.2) is 0 Å². The minimum atomic E-state index is -0.454. The Balaban J connectivity index is 1.52. The van der Waals surface area contributed by atoms with E-state index in [0.717, 1.165) is 0 Å². The van der Waals surface area contributed by atoms with Crippen LogP contribution >= 0.6 is 15.8 Å². The van der Waals surface area contributed by atoms with Crippen molar-refractivity contribution in [1.29, 1.82) is 0 Å². The molecule has 0 nitrogen and oxygen atoms in total. The van der Waals surface area contributed by atoms with Gasteiger partial charge in [0.1, 0.15) is 0 Å². The average molecular weight is 463 g/mol. The summed E-state index contributed by atoms with van der Waals surface area (Å²) >= 11 is 0. The molecule has 1 fully saturated rings. The summed E-state index contributed by atoms with van der Waals surface area (Å²) in [6, 6.07) is 45.4. The molecule has 2 heteroatoms. The molecule has 0 aliphatic heterocycles. The van der Waals surface area contributed by atoms with Gasteiger partial charge in [-0.05, 0) is 55.3 Å². The molecule has 0 heterocycles. The zero-order valence-corrected chi connectivity index (χ0v) is 20.4. The van der Waals surface area contributed by atoms with Crippen molar-refractivity contribution in [2.24, 2.45) is 11.8 Å². The van der Waals surface area contributed by atoms with Crippen molar-refractivity contribution < 1.29 is 0 Å². The van der Waals surface area contributed by atoms with Crippen LogP contribution in [0.5, 0.6) is 0 Å². The predicted octanol–water partition coefficient (Wildman–Crippen LogP) is 6.20. The van der Waals surface area contributed by atoms with Gasteiger partial charge in [0.25, 0.3) is 0 Å². The second-order valence-corrected chi connectivity index (χ2v) is 13.7. The third-order valence-corrected chi connectivity index (χ3v) is 13.4. The highest BCUT2D eigenvalue weighted by molar-refractivity contribution is 7.77. The van der Waals surface area contributed by atoms with Gasteiger partial charge in [-0.25, -0.2) is 0 Å². The summed E-state index contributed by atoms with van der Waals surface area (Å²) in [6.07, 6.45) is 6.42. The Bertz CT molecular complexity index is 1030. The summed E-state index contributed by atoms with van der Waals surface area (Å²) in [7, 11) is -0.909. The fourth-order valence-electron chi connectivity index (χ4n) is 5.80. The number of fused-ring (bicyclic) bond motifs is 2. The van der Waals surface area contributed by atoms with Crippen molar-refractivity contribution in [3.63, 3.8) is 0 Å². The van der Waals surface area contributed by atoms with Gasteiger partial charge >= 0.3 is 0 Å². The molecule has 0 N–H and O–H groups in total. The monoisotopic (exact) mass is 462 g/mol. The standard InChI is InChI=1S/C31H28P2/c1-5-13-26(14-6-1)32(27-15-7-2-8-16-27)30-24-21-22-25(23-24)31(30)33(28-17-9-3-10-18-28)29-19-11-4-12-20-29/h1-22,24-25,30-31H,23H2/t24-,25?,30?,31?/m1/s1. The van der Waals surface area contributed by atoms with E-state index in [4.69, 9.17) is 0 Å². The average Bonchev–Trinajstić information content (AvgIpc) is 3.50. The van der Waals surface area contributed by atoms with Crippen LogP contribution in [0.3, 0.4) is 0 Å². The quantitative estimate of drug-likeness (QED) is 0.237. The van der Waals surface area contributed by atoms with Gasteiger partial charge in [-0.2, -0.15) is 0 Å². The lowest BCUT2D eigenvalue weighted by Gasteiger charge is -2.40. The van der Waals surface area contributed by atoms with Gasteiger partial charge < -0.3 is 0 Å². The molecule has 4 aromatic rings. The van der Waals surface area contributed by atoms with Crippen LogP contribution in [0.2, 0.25) is 0 Å². The minimum Gasteiger partial charge on any atom is -0.0844 e. The normalized spacial score (nSPS) is 23.5. The minimum absolute atomic E-state index is 0.454. The molecule has 6 rings (SSSR count). The predicted molar refractivity (Wildman–Crippen MR) is 146 cm³/mol. The summed E-state index contributed by atoms with van der Waals surface area (Å²) in [5.74, 6) is 1.34. The van der Waals surface area contributed by atoms with Crippen molar-refractivity contribution in [3.8, 4) is 0 Å². The van der Waals surface area contributed by atoms with E-state index in [2.05, 4.69) is 133 Å². The summed E-state index contributed by atoms with van der Waals surface area (Å²) in [4.78, 5) is 0. The van der Waals surface area contributed by atoms with Crippen LogP contribution in [0.1, 0.15) is 6.42 Å². The third kappa shape index (κ3) is 4.01. The first-order valence-electron chi connectivity index (χ1n) is 11.9. The van der Waals surface area contributed by atoms with Crippen LogP contribution in [0.4, 0.5) is 0 Å². The van der Waals surface area contributed by atoms with Crippen molar-refractivity contribution in [3.05, 3.63) is 133 Å². The summed E-state index contributed by atoms with van der Waals surface area (Å²) in [6.45, 7) is 0. The number of rotatable bonds is 6. The highest BCUT2D eigenvalue weighted by atomic mass is 31.1. The maximum Gasteiger partial charge on any atom is 0.00137 e. The van der Waals surface area contributed by atoms with E-state index in [9.17, 15) is 0 Å². The highest BCUT2D eigenvalue weighted by Gasteiger charge is 2.51. The molecule has 1 saturated carbocycles. The van der Waals surface area contributed by atoms with Gasteiger partial charge in [-0.15, -0.1) is 0 Å². The van der Waals surface area contributed by atoms with Crippen LogP contribution < -0.4 is 21.2 Å². The zero-order chi connectivity index (χ0) is 22.0. The maximum atomic E-state index is 2.55. The Hall–Kier alpha value is -2.52. The van der Waals surface area contributed by atoms with E-state index >= 15 is 0 Å². The highest BCUT2D eigenvalue weighted by Crippen LogP contribution is 2.64.